The van der Waals surface area contributed by atoms with Crippen molar-refractivity contribution in [1.82, 2.24) is 9.80 Å². The summed E-state index contributed by atoms with van der Waals surface area (Å²) in [5.74, 6) is 1.62. The molecule has 1 aliphatic heterocycles. The van der Waals surface area contributed by atoms with Gasteiger partial charge in [0.15, 0.2) is 11.5 Å². The maximum Gasteiger partial charge on any atom is 0.227 e. The lowest BCUT2D eigenvalue weighted by Gasteiger charge is -2.35. The van der Waals surface area contributed by atoms with Crippen LogP contribution in [-0.4, -0.2) is 55.1 Å². The second-order valence-electron chi connectivity index (χ2n) is 7.47. The lowest BCUT2D eigenvalue weighted by molar-refractivity contribution is -0.132. The van der Waals surface area contributed by atoms with Crippen molar-refractivity contribution in [2.45, 2.75) is 33.7 Å². The molecule has 2 aromatic rings. The van der Waals surface area contributed by atoms with Gasteiger partial charge in [0.1, 0.15) is 0 Å². The normalized spacial score (nSPS) is 14.7. The number of amides is 1. The van der Waals surface area contributed by atoms with Crippen molar-refractivity contribution in [3.63, 3.8) is 0 Å². The van der Waals surface area contributed by atoms with Crippen LogP contribution in [0.2, 0.25) is 0 Å². The summed E-state index contributed by atoms with van der Waals surface area (Å²) < 4.78 is 11.3. The van der Waals surface area contributed by atoms with Crippen molar-refractivity contribution in [3.05, 3.63) is 59.2 Å². The number of carbonyl (C=O) groups is 1. The van der Waals surface area contributed by atoms with Gasteiger partial charge in [0, 0.05) is 32.7 Å². The lowest BCUT2D eigenvalue weighted by Crippen LogP contribution is -2.48. The van der Waals surface area contributed by atoms with E-state index in [9.17, 15) is 4.79 Å². The molecule has 1 aliphatic rings. The van der Waals surface area contributed by atoms with Gasteiger partial charge in [-0.15, -0.1) is 0 Å². The molecule has 156 valence electrons. The zero-order chi connectivity index (χ0) is 20.6. The second-order valence-corrected chi connectivity index (χ2v) is 7.47. The Labute approximate surface area is 174 Å². The van der Waals surface area contributed by atoms with Gasteiger partial charge in [0.05, 0.1) is 19.6 Å². The Morgan fingerprint density at radius 2 is 1.48 bits per heavy atom. The summed E-state index contributed by atoms with van der Waals surface area (Å²) in [6.07, 6.45) is 0.393. The van der Waals surface area contributed by atoms with Crippen LogP contribution in [0.4, 0.5) is 0 Å². The van der Waals surface area contributed by atoms with Crippen molar-refractivity contribution in [3.8, 4) is 11.5 Å². The first-order chi connectivity index (χ1) is 14.1. The predicted molar refractivity (Wildman–Crippen MR) is 116 cm³/mol. The summed E-state index contributed by atoms with van der Waals surface area (Å²) in [5.41, 5.74) is 3.57. The number of ether oxygens (including phenoxy) is 2. The minimum absolute atomic E-state index is 0.173. The number of carbonyl (C=O) groups excluding carboxylic acids is 1. The van der Waals surface area contributed by atoms with E-state index in [0.29, 0.717) is 25.4 Å². The fourth-order valence-corrected chi connectivity index (χ4v) is 3.60. The molecule has 0 atom stereocenters. The van der Waals surface area contributed by atoms with E-state index in [1.807, 2.05) is 36.9 Å². The third-order valence-electron chi connectivity index (χ3n) is 5.21. The minimum atomic E-state index is 0.173. The summed E-state index contributed by atoms with van der Waals surface area (Å²) in [6, 6.07) is 14.5. The van der Waals surface area contributed by atoms with Gasteiger partial charge in [-0.25, -0.2) is 0 Å². The number of piperazine rings is 1. The van der Waals surface area contributed by atoms with Crippen LogP contribution < -0.4 is 9.47 Å². The van der Waals surface area contributed by atoms with Gasteiger partial charge in [0.25, 0.3) is 0 Å². The van der Waals surface area contributed by atoms with Crippen LogP contribution in [0.1, 0.15) is 30.5 Å². The molecule has 3 rings (SSSR count). The molecule has 0 spiro atoms. The van der Waals surface area contributed by atoms with Crippen molar-refractivity contribution < 1.29 is 14.3 Å². The van der Waals surface area contributed by atoms with Gasteiger partial charge in [-0.3, -0.25) is 9.69 Å². The molecule has 2 aromatic carbocycles. The number of benzene rings is 2. The van der Waals surface area contributed by atoms with Gasteiger partial charge in [-0.1, -0.05) is 35.9 Å². The van der Waals surface area contributed by atoms with E-state index in [1.54, 1.807) is 0 Å². The van der Waals surface area contributed by atoms with E-state index in [2.05, 4.69) is 36.1 Å². The summed E-state index contributed by atoms with van der Waals surface area (Å²) >= 11 is 0. The first kappa shape index (κ1) is 21.2. The van der Waals surface area contributed by atoms with E-state index in [0.717, 1.165) is 44.0 Å². The highest BCUT2D eigenvalue weighted by Crippen LogP contribution is 2.29. The zero-order valence-corrected chi connectivity index (χ0v) is 17.8. The molecule has 5 heteroatoms. The highest BCUT2D eigenvalue weighted by Gasteiger charge is 2.21. The average molecular weight is 397 g/mol. The Kier molecular flexibility index (Phi) is 7.53. The highest BCUT2D eigenvalue weighted by molar-refractivity contribution is 5.79. The van der Waals surface area contributed by atoms with Crippen molar-refractivity contribution >= 4 is 5.91 Å². The van der Waals surface area contributed by atoms with E-state index < -0.39 is 0 Å². The molecule has 0 radical (unpaired) electrons. The largest absolute Gasteiger partial charge is 0.490 e. The summed E-state index contributed by atoms with van der Waals surface area (Å²) in [5, 5.41) is 0. The number of nitrogens with zero attached hydrogens (tertiary/aromatic N) is 2. The molecule has 0 unspecified atom stereocenters. The molecule has 1 fully saturated rings. The lowest BCUT2D eigenvalue weighted by atomic mass is 10.1. The molecule has 1 heterocycles. The SMILES string of the molecule is CCOc1ccc(CC(=O)N2CCN(Cc3ccc(C)cc3)CC2)cc1OCC. The number of aryl methyl sites for hydroxylation is 1. The fraction of sp³-hybridized carbons (Fsp3) is 0.458. The molecule has 1 amide bonds. The monoisotopic (exact) mass is 396 g/mol. The molecule has 0 N–H and O–H groups in total. The first-order valence-electron chi connectivity index (χ1n) is 10.5. The molecule has 0 bridgehead atoms. The summed E-state index contributed by atoms with van der Waals surface area (Å²) in [4.78, 5) is 17.2. The third kappa shape index (κ3) is 5.97. The van der Waals surface area contributed by atoms with Crippen LogP contribution in [0.15, 0.2) is 42.5 Å². The minimum Gasteiger partial charge on any atom is -0.490 e. The van der Waals surface area contributed by atoms with Gasteiger partial charge in [-0.2, -0.15) is 0 Å². The van der Waals surface area contributed by atoms with Crippen LogP contribution in [0.25, 0.3) is 0 Å². The number of rotatable bonds is 8. The Morgan fingerprint density at radius 1 is 0.862 bits per heavy atom. The molecule has 0 saturated carbocycles. The van der Waals surface area contributed by atoms with Crippen molar-refractivity contribution in [1.29, 1.82) is 0 Å². The Morgan fingerprint density at radius 3 is 2.14 bits per heavy atom. The van der Waals surface area contributed by atoms with Crippen LogP contribution in [0, 0.1) is 6.92 Å². The molecule has 5 nitrogen and oxygen atoms in total. The van der Waals surface area contributed by atoms with Crippen LogP contribution in [0.3, 0.4) is 0 Å². The number of hydrogen-bond acceptors (Lipinski definition) is 4. The van der Waals surface area contributed by atoms with Crippen LogP contribution in [0.5, 0.6) is 11.5 Å². The van der Waals surface area contributed by atoms with Crippen molar-refractivity contribution in [2.24, 2.45) is 0 Å². The average Bonchev–Trinajstić information content (AvgIpc) is 2.72. The Bertz CT molecular complexity index is 796. The van der Waals surface area contributed by atoms with Gasteiger partial charge >= 0.3 is 0 Å². The van der Waals surface area contributed by atoms with E-state index in [1.165, 1.54) is 11.1 Å². The Hall–Kier alpha value is -2.53. The fourth-order valence-electron chi connectivity index (χ4n) is 3.60. The third-order valence-corrected chi connectivity index (χ3v) is 5.21. The second kappa shape index (κ2) is 10.3. The van der Waals surface area contributed by atoms with Crippen LogP contribution in [-0.2, 0) is 17.8 Å². The standard InChI is InChI=1S/C24H32N2O3/c1-4-28-22-11-10-21(16-23(22)29-5-2)17-24(27)26-14-12-25(13-15-26)18-20-8-6-19(3)7-9-20/h6-11,16H,4-5,12-15,17-18H2,1-3H3. The molecule has 0 aromatic heterocycles. The maximum atomic E-state index is 12.8. The molecule has 1 saturated heterocycles. The van der Waals surface area contributed by atoms with Gasteiger partial charge in [-0.05, 0) is 44.0 Å². The van der Waals surface area contributed by atoms with Gasteiger partial charge in [0.2, 0.25) is 5.91 Å². The quantitative estimate of drug-likeness (QED) is 0.683. The smallest absolute Gasteiger partial charge is 0.227 e. The Balaban J connectivity index is 1.52. The number of hydrogen-bond donors (Lipinski definition) is 0. The zero-order valence-electron chi connectivity index (χ0n) is 17.8. The molecular weight excluding hydrogens is 364 g/mol. The highest BCUT2D eigenvalue weighted by atomic mass is 16.5. The van der Waals surface area contributed by atoms with E-state index >= 15 is 0 Å². The van der Waals surface area contributed by atoms with Crippen LogP contribution >= 0.6 is 0 Å². The van der Waals surface area contributed by atoms with E-state index in [4.69, 9.17) is 9.47 Å². The topological polar surface area (TPSA) is 42.0 Å². The first-order valence-corrected chi connectivity index (χ1v) is 10.5. The van der Waals surface area contributed by atoms with Gasteiger partial charge < -0.3 is 14.4 Å². The molecule has 0 aliphatic carbocycles. The predicted octanol–water partition coefficient (Wildman–Crippen LogP) is 3.68. The molecule has 29 heavy (non-hydrogen) atoms. The molecular formula is C24H32N2O3. The maximum absolute atomic E-state index is 12.8. The summed E-state index contributed by atoms with van der Waals surface area (Å²) in [6.45, 7) is 11.5. The van der Waals surface area contributed by atoms with E-state index in [-0.39, 0.29) is 5.91 Å². The summed E-state index contributed by atoms with van der Waals surface area (Å²) in [7, 11) is 0. The van der Waals surface area contributed by atoms with Crippen molar-refractivity contribution in [2.75, 3.05) is 39.4 Å².